The summed E-state index contributed by atoms with van der Waals surface area (Å²) in [5, 5.41) is 17.2. The Morgan fingerprint density at radius 1 is 1.28 bits per heavy atom. The van der Waals surface area contributed by atoms with E-state index in [0.29, 0.717) is 16.0 Å². The maximum absolute atomic E-state index is 11.8. The summed E-state index contributed by atoms with van der Waals surface area (Å²) in [5.74, 6) is 0.918. The van der Waals surface area contributed by atoms with Gasteiger partial charge in [0.05, 0.1) is 16.7 Å². The molecule has 1 aliphatic carbocycles. The molecule has 1 saturated carbocycles. The number of aliphatic hydroxyl groups is 1. The lowest BCUT2D eigenvalue weighted by molar-refractivity contribution is 0.00818. The first-order chi connectivity index (χ1) is 17.0. The summed E-state index contributed by atoms with van der Waals surface area (Å²) >= 11 is 6.24. The maximum Gasteiger partial charge on any atom is 0.379 e. The van der Waals surface area contributed by atoms with Crippen LogP contribution in [0.5, 0.6) is 0 Å². The number of alkyl halides is 3. The minimum Gasteiger partial charge on any atom is -0.387 e. The fraction of sp³-hybridized carbons (Fsp3) is 0.667. The van der Waals surface area contributed by atoms with Crippen LogP contribution in [0.15, 0.2) is 30.0 Å². The first-order valence-corrected chi connectivity index (χ1v) is 13.2. The van der Waals surface area contributed by atoms with E-state index >= 15 is 0 Å². The van der Waals surface area contributed by atoms with Crippen LogP contribution in [0, 0.1) is 17.3 Å². The lowest BCUT2D eigenvalue weighted by atomic mass is 9.88. The Morgan fingerprint density at radius 3 is 2.44 bits per heavy atom. The molecule has 2 atom stereocenters. The van der Waals surface area contributed by atoms with Crippen molar-refractivity contribution < 1.29 is 23.1 Å². The molecule has 5 nitrogen and oxygen atoms in total. The van der Waals surface area contributed by atoms with Crippen LogP contribution >= 0.6 is 11.6 Å². The first-order valence-electron chi connectivity index (χ1n) is 12.9. The third-order valence-corrected chi connectivity index (χ3v) is 7.64. The number of allylic oxidation sites excluding steroid dienone is 1. The summed E-state index contributed by atoms with van der Waals surface area (Å²) in [4.78, 5) is 14.2. The van der Waals surface area contributed by atoms with Gasteiger partial charge in [0.25, 0.3) is 5.91 Å². The Bertz CT molecular complexity index is 871. The fourth-order valence-electron chi connectivity index (χ4n) is 5.18. The van der Waals surface area contributed by atoms with Crippen molar-refractivity contribution in [3.05, 3.63) is 40.6 Å². The van der Waals surface area contributed by atoms with Crippen molar-refractivity contribution in [3.8, 4) is 0 Å². The van der Waals surface area contributed by atoms with E-state index in [-0.39, 0.29) is 17.9 Å². The van der Waals surface area contributed by atoms with Gasteiger partial charge in [-0.05, 0) is 74.0 Å². The molecule has 0 radical (unpaired) electrons. The van der Waals surface area contributed by atoms with E-state index < -0.39 is 6.68 Å². The summed E-state index contributed by atoms with van der Waals surface area (Å²) < 4.78 is 29.0. The van der Waals surface area contributed by atoms with Crippen molar-refractivity contribution in [2.45, 2.75) is 72.1 Å². The zero-order valence-electron chi connectivity index (χ0n) is 21.8. The van der Waals surface area contributed by atoms with Gasteiger partial charge >= 0.3 is 6.68 Å². The molecule has 1 saturated heterocycles. The van der Waals surface area contributed by atoms with Crippen LogP contribution in [0.2, 0.25) is 5.02 Å². The zero-order chi connectivity index (χ0) is 26.9. The van der Waals surface area contributed by atoms with Gasteiger partial charge < -0.3 is 20.6 Å². The third-order valence-electron chi connectivity index (χ3n) is 7.33. The van der Waals surface area contributed by atoms with E-state index in [1.807, 2.05) is 12.1 Å². The SMILES string of the molecule is CC/C=C(/C(O)C(C)C)N1CCC2(CC1)CC2CCCNc1ccc(C(=O)NC)c(Cl)c1.FC(F)F. The normalized spacial score (nSPS) is 19.7. The van der Waals surface area contributed by atoms with E-state index in [1.165, 1.54) is 25.7 Å². The number of amides is 1. The molecule has 1 amide bonds. The molecule has 3 rings (SSSR count). The molecule has 1 heterocycles. The summed E-state index contributed by atoms with van der Waals surface area (Å²) in [7, 11) is 1.61. The highest BCUT2D eigenvalue weighted by molar-refractivity contribution is 6.34. The number of halogens is 4. The molecule has 2 aliphatic rings. The molecule has 1 aromatic rings. The van der Waals surface area contributed by atoms with E-state index in [9.17, 15) is 23.1 Å². The molecule has 204 valence electrons. The number of likely N-dealkylation sites (tertiary alicyclic amines) is 1. The second-order valence-corrected chi connectivity index (χ2v) is 10.5. The minimum atomic E-state index is -3.67. The molecule has 9 heteroatoms. The second-order valence-electron chi connectivity index (χ2n) is 10.1. The van der Waals surface area contributed by atoms with Gasteiger partial charge in [-0.2, -0.15) is 13.2 Å². The average Bonchev–Trinajstić information content (AvgIpc) is 3.51. The number of piperidine rings is 1. The van der Waals surface area contributed by atoms with Gasteiger partial charge in [0, 0.05) is 38.1 Å². The van der Waals surface area contributed by atoms with Crippen LogP contribution in [-0.4, -0.2) is 55.4 Å². The Morgan fingerprint density at radius 2 is 1.92 bits per heavy atom. The molecule has 1 spiro atoms. The van der Waals surface area contributed by atoms with Crippen molar-refractivity contribution in [1.82, 2.24) is 10.2 Å². The lowest BCUT2D eigenvalue weighted by Crippen LogP contribution is -2.39. The van der Waals surface area contributed by atoms with Gasteiger partial charge in [-0.15, -0.1) is 0 Å². The molecule has 1 aromatic carbocycles. The second kappa shape index (κ2) is 14.1. The molecule has 3 N–H and O–H groups in total. The van der Waals surface area contributed by atoms with Gasteiger partial charge in [0.1, 0.15) is 0 Å². The number of carbonyl (C=O) groups is 1. The summed E-state index contributed by atoms with van der Waals surface area (Å²) in [6.45, 7) is 5.72. The molecule has 2 fully saturated rings. The monoisotopic (exact) mass is 531 g/mol. The number of carbonyl (C=O) groups excluding carboxylic acids is 1. The number of rotatable bonds is 10. The van der Waals surface area contributed by atoms with Gasteiger partial charge in [0.2, 0.25) is 0 Å². The van der Waals surface area contributed by atoms with Crippen LogP contribution < -0.4 is 10.6 Å². The average molecular weight is 532 g/mol. The van der Waals surface area contributed by atoms with Gasteiger partial charge in [-0.3, -0.25) is 4.79 Å². The Labute approximate surface area is 218 Å². The van der Waals surface area contributed by atoms with E-state index in [0.717, 1.165) is 49.8 Å². The van der Waals surface area contributed by atoms with Crippen molar-refractivity contribution in [2.24, 2.45) is 17.3 Å². The van der Waals surface area contributed by atoms with Crippen LogP contribution in [0.3, 0.4) is 0 Å². The number of nitrogens with one attached hydrogen (secondary N) is 2. The summed E-state index contributed by atoms with van der Waals surface area (Å²) in [6, 6.07) is 5.51. The highest BCUT2D eigenvalue weighted by atomic mass is 35.5. The molecule has 2 unspecified atom stereocenters. The predicted molar refractivity (Wildman–Crippen MR) is 140 cm³/mol. The topological polar surface area (TPSA) is 64.6 Å². The fourth-order valence-corrected chi connectivity index (χ4v) is 5.44. The first kappa shape index (κ1) is 30.3. The standard InChI is InChI=1S/C26H40ClN3O2.CHF3/c1-5-7-23(24(31)18(2)3)30-14-11-26(12-15-30)17-19(26)8-6-13-29-20-9-10-21(22(27)16-20)25(32)28-4;2-1(3)4/h7,9-10,16,18-19,24,29,31H,5-6,8,11-15,17H2,1-4H3,(H,28,32);1H/b23-7-;. The Kier molecular flexibility index (Phi) is 11.9. The van der Waals surface area contributed by atoms with Gasteiger partial charge in [-0.1, -0.05) is 38.4 Å². The van der Waals surface area contributed by atoms with E-state index in [2.05, 4.69) is 42.4 Å². The summed E-state index contributed by atoms with van der Waals surface area (Å²) in [5.41, 5.74) is 3.14. The Hall–Kier alpha value is -1.93. The van der Waals surface area contributed by atoms with Crippen LogP contribution in [0.1, 0.15) is 69.7 Å². The smallest absolute Gasteiger partial charge is 0.379 e. The lowest BCUT2D eigenvalue weighted by Gasteiger charge is -2.38. The number of hydrogen-bond acceptors (Lipinski definition) is 4. The van der Waals surface area contributed by atoms with Crippen molar-refractivity contribution in [1.29, 1.82) is 0 Å². The summed E-state index contributed by atoms with van der Waals surface area (Å²) in [6.07, 6.45) is 9.06. The number of aliphatic hydroxyl groups excluding tert-OH is 1. The van der Waals surface area contributed by atoms with Crippen LogP contribution in [-0.2, 0) is 0 Å². The quantitative estimate of drug-likeness (QED) is 0.302. The van der Waals surface area contributed by atoms with Crippen molar-refractivity contribution >= 4 is 23.2 Å². The van der Waals surface area contributed by atoms with Crippen molar-refractivity contribution in [3.63, 3.8) is 0 Å². The number of anilines is 1. The molecular formula is C27H41ClF3N3O2. The number of benzene rings is 1. The molecule has 1 aliphatic heterocycles. The largest absolute Gasteiger partial charge is 0.387 e. The van der Waals surface area contributed by atoms with Crippen molar-refractivity contribution in [2.75, 3.05) is 32.0 Å². The third kappa shape index (κ3) is 8.58. The molecular weight excluding hydrogens is 491 g/mol. The maximum atomic E-state index is 11.8. The number of nitrogens with zero attached hydrogens (tertiary/aromatic N) is 1. The minimum absolute atomic E-state index is 0.164. The van der Waals surface area contributed by atoms with Crippen LogP contribution in [0.25, 0.3) is 0 Å². The Balaban J connectivity index is 0.00000106. The zero-order valence-corrected chi connectivity index (χ0v) is 22.6. The molecule has 0 bridgehead atoms. The van der Waals surface area contributed by atoms with Gasteiger partial charge in [-0.25, -0.2) is 0 Å². The van der Waals surface area contributed by atoms with Gasteiger partial charge in [0.15, 0.2) is 0 Å². The van der Waals surface area contributed by atoms with E-state index in [1.54, 1.807) is 13.1 Å². The van der Waals surface area contributed by atoms with E-state index in [4.69, 9.17) is 11.6 Å². The van der Waals surface area contributed by atoms with Crippen LogP contribution in [0.4, 0.5) is 18.9 Å². The highest BCUT2D eigenvalue weighted by Crippen LogP contribution is 2.61. The number of hydrogen-bond donors (Lipinski definition) is 3. The molecule has 36 heavy (non-hydrogen) atoms. The highest BCUT2D eigenvalue weighted by Gasteiger charge is 2.54. The molecule has 0 aromatic heterocycles. The predicted octanol–water partition coefficient (Wildman–Crippen LogP) is 6.48.